The number of hydrogen-bond acceptors (Lipinski definition) is 4. The van der Waals surface area contributed by atoms with Crippen molar-refractivity contribution in [1.82, 2.24) is 9.97 Å². The predicted octanol–water partition coefficient (Wildman–Crippen LogP) is 4.92. The van der Waals surface area contributed by atoms with Crippen molar-refractivity contribution in [1.29, 1.82) is 0 Å². The van der Waals surface area contributed by atoms with Crippen molar-refractivity contribution in [3.05, 3.63) is 82.9 Å². The molecule has 0 saturated carbocycles. The fourth-order valence-corrected chi connectivity index (χ4v) is 3.06. The van der Waals surface area contributed by atoms with Gasteiger partial charge in [0.2, 0.25) is 0 Å². The molecule has 0 aliphatic carbocycles. The number of nitrogens with one attached hydrogen (secondary N) is 2. The van der Waals surface area contributed by atoms with Gasteiger partial charge in [-0.05, 0) is 60.7 Å². The van der Waals surface area contributed by atoms with Gasteiger partial charge in [-0.25, -0.2) is 9.78 Å². The first-order chi connectivity index (χ1) is 14.0. The molecule has 1 amide bonds. The molecule has 6 nitrogen and oxygen atoms in total. The molecule has 144 valence electrons. The van der Waals surface area contributed by atoms with Gasteiger partial charge in [0.1, 0.15) is 5.82 Å². The molecular formula is C22H16ClN3O3. The van der Waals surface area contributed by atoms with Crippen LogP contribution in [-0.4, -0.2) is 29.0 Å². The lowest BCUT2D eigenvalue weighted by atomic mass is 10.1. The molecule has 4 aromatic rings. The van der Waals surface area contributed by atoms with Gasteiger partial charge in [0.05, 0.1) is 23.7 Å². The second-order valence-electron chi connectivity index (χ2n) is 6.35. The van der Waals surface area contributed by atoms with E-state index >= 15 is 0 Å². The second kappa shape index (κ2) is 7.77. The molecule has 0 atom stereocenters. The van der Waals surface area contributed by atoms with Gasteiger partial charge in [-0.3, -0.25) is 4.79 Å². The number of ether oxygens (including phenoxy) is 1. The Kier molecular flexibility index (Phi) is 5.01. The minimum absolute atomic E-state index is 0.315. The molecule has 0 aliphatic rings. The Hall–Kier alpha value is -3.64. The molecule has 0 aliphatic heterocycles. The number of aromatic nitrogens is 2. The smallest absolute Gasteiger partial charge is 0.337 e. The number of halogens is 1. The Bertz CT molecular complexity index is 1220. The summed E-state index contributed by atoms with van der Waals surface area (Å²) in [4.78, 5) is 32.1. The van der Waals surface area contributed by atoms with Crippen LogP contribution >= 0.6 is 11.6 Å². The van der Waals surface area contributed by atoms with E-state index in [2.05, 4.69) is 15.3 Å². The van der Waals surface area contributed by atoms with E-state index in [1.54, 1.807) is 42.5 Å². The molecule has 1 heterocycles. The molecule has 7 heteroatoms. The number of fused-ring (bicyclic) bond motifs is 1. The van der Waals surface area contributed by atoms with Crippen LogP contribution in [0.3, 0.4) is 0 Å². The lowest BCUT2D eigenvalue weighted by Crippen LogP contribution is -2.13. The molecule has 0 unspecified atom stereocenters. The van der Waals surface area contributed by atoms with Crippen molar-refractivity contribution < 1.29 is 14.3 Å². The number of imidazole rings is 1. The van der Waals surface area contributed by atoms with E-state index in [1.807, 2.05) is 18.2 Å². The number of benzene rings is 3. The van der Waals surface area contributed by atoms with Crippen molar-refractivity contribution in [3.63, 3.8) is 0 Å². The van der Waals surface area contributed by atoms with Crippen LogP contribution in [0.25, 0.3) is 22.4 Å². The molecule has 0 radical (unpaired) electrons. The first-order valence-electron chi connectivity index (χ1n) is 8.79. The van der Waals surface area contributed by atoms with Crippen LogP contribution in [0.4, 0.5) is 5.69 Å². The topological polar surface area (TPSA) is 84.1 Å². The van der Waals surface area contributed by atoms with Gasteiger partial charge in [0.15, 0.2) is 0 Å². The first kappa shape index (κ1) is 18.7. The van der Waals surface area contributed by atoms with Crippen molar-refractivity contribution in [2.75, 3.05) is 12.4 Å². The lowest BCUT2D eigenvalue weighted by molar-refractivity contribution is 0.0600. The van der Waals surface area contributed by atoms with Gasteiger partial charge in [-0.15, -0.1) is 0 Å². The molecule has 1 aromatic heterocycles. The van der Waals surface area contributed by atoms with Crippen molar-refractivity contribution >= 4 is 40.2 Å². The van der Waals surface area contributed by atoms with Gasteiger partial charge < -0.3 is 15.0 Å². The van der Waals surface area contributed by atoms with Crippen molar-refractivity contribution in [2.24, 2.45) is 0 Å². The summed E-state index contributed by atoms with van der Waals surface area (Å²) in [6.45, 7) is 0. The van der Waals surface area contributed by atoms with E-state index in [1.165, 1.54) is 13.2 Å². The zero-order chi connectivity index (χ0) is 20.4. The highest BCUT2D eigenvalue weighted by Gasteiger charge is 2.12. The standard InChI is InChI=1S/C22H16ClN3O3/c1-29-22(28)15-4-2-3-14(11-15)21(27)24-17-9-10-18-19(12-17)26-20(25-18)13-5-7-16(23)8-6-13/h2-12H,1H3,(H,24,27)(H,25,26). The van der Waals surface area contributed by atoms with Gasteiger partial charge in [0, 0.05) is 21.8 Å². The second-order valence-corrected chi connectivity index (χ2v) is 6.79. The van der Waals surface area contributed by atoms with E-state index in [-0.39, 0.29) is 5.91 Å². The zero-order valence-electron chi connectivity index (χ0n) is 15.4. The highest BCUT2D eigenvalue weighted by atomic mass is 35.5. The Balaban J connectivity index is 1.57. The number of amides is 1. The third-order valence-corrected chi connectivity index (χ3v) is 4.66. The number of hydrogen-bond donors (Lipinski definition) is 2. The van der Waals surface area contributed by atoms with Crippen molar-refractivity contribution in [2.45, 2.75) is 0 Å². The number of H-pyrrole nitrogens is 1. The summed E-state index contributed by atoms with van der Waals surface area (Å²) in [7, 11) is 1.30. The molecular weight excluding hydrogens is 390 g/mol. The van der Waals surface area contributed by atoms with Gasteiger partial charge in [-0.1, -0.05) is 17.7 Å². The van der Waals surface area contributed by atoms with Crippen LogP contribution in [0.2, 0.25) is 5.02 Å². The number of esters is 1. The number of rotatable bonds is 4. The van der Waals surface area contributed by atoms with E-state index in [9.17, 15) is 9.59 Å². The molecule has 29 heavy (non-hydrogen) atoms. The maximum atomic E-state index is 12.6. The summed E-state index contributed by atoms with van der Waals surface area (Å²) in [5, 5.41) is 3.49. The minimum atomic E-state index is -0.493. The normalized spacial score (nSPS) is 10.7. The first-order valence-corrected chi connectivity index (χ1v) is 9.17. The number of carbonyl (C=O) groups excluding carboxylic acids is 2. The highest BCUT2D eigenvalue weighted by Crippen LogP contribution is 2.24. The van der Waals surface area contributed by atoms with E-state index in [0.29, 0.717) is 27.7 Å². The number of aromatic amines is 1. The van der Waals surface area contributed by atoms with Crippen LogP contribution in [0.5, 0.6) is 0 Å². The third-order valence-electron chi connectivity index (χ3n) is 4.40. The third kappa shape index (κ3) is 3.97. The summed E-state index contributed by atoms with van der Waals surface area (Å²) in [5.74, 6) is -0.109. The summed E-state index contributed by atoms with van der Waals surface area (Å²) in [6.07, 6.45) is 0. The fourth-order valence-electron chi connectivity index (χ4n) is 2.94. The average Bonchev–Trinajstić information content (AvgIpc) is 3.17. The number of anilines is 1. The monoisotopic (exact) mass is 405 g/mol. The maximum absolute atomic E-state index is 12.6. The van der Waals surface area contributed by atoms with E-state index in [0.717, 1.165) is 16.6 Å². The van der Waals surface area contributed by atoms with E-state index in [4.69, 9.17) is 16.3 Å². The molecule has 3 aromatic carbocycles. The van der Waals surface area contributed by atoms with Gasteiger partial charge in [0.25, 0.3) is 5.91 Å². The lowest BCUT2D eigenvalue weighted by Gasteiger charge is -2.06. The molecule has 0 spiro atoms. The summed E-state index contributed by atoms with van der Waals surface area (Å²) in [5.41, 5.74) is 3.75. The van der Waals surface area contributed by atoms with Gasteiger partial charge >= 0.3 is 5.97 Å². The summed E-state index contributed by atoms with van der Waals surface area (Å²) < 4.78 is 4.69. The molecule has 4 rings (SSSR count). The number of nitrogens with zero attached hydrogens (tertiary/aromatic N) is 1. The zero-order valence-corrected chi connectivity index (χ0v) is 16.2. The number of carbonyl (C=O) groups is 2. The van der Waals surface area contributed by atoms with Gasteiger partial charge in [-0.2, -0.15) is 0 Å². The van der Waals surface area contributed by atoms with Crippen LogP contribution in [0.1, 0.15) is 20.7 Å². The Morgan fingerprint density at radius 3 is 2.52 bits per heavy atom. The van der Waals surface area contributed by atoms with E-state index < -0.39 is 5.97 Å². The minimum Gasteiger partial charge on any atom is -0.465 e. The quantitative estimate of drug-likeness (QED) is 0.472. The SMILES string of the molecule is COC(=O)c1cccc(C(=O)Nc2ccc3[nH]c(-c4ccc(Cl)cc4)nc3c2)c1. The Morgan fingerprint density at radius 2 is 1.76 bits per heavy atom. The predicted molar refractivity (Wildman–Crippen MR) is 112 cm³/mol. The number of methoxy groups -OCH3 is 1. The summed E-state index contributed by atoms with van der Waals surface area (Å²) in [6, 6.07) is 19.2. The summed E-state index contributed by atoms with van der Waals surface area (Å²) >= 11 is 5.94. The molecule has 0 bridgehead atoms. The average molecular weight is 406 g/mol. The van der Waals surface area contributed by atoms with Crippen molar-refractivity contribution in [3.8, 4) is 11.4 Å². The molecule has 2 N–H and O–H groups in total. The molecule has 0 saturated heterocycles. The maximum Gasteiger partial charge on any atom is 0.337 e. The van der Waals surface area contributed by atoms with Crippen LogP contribution in [0, 0.1) is 0 Å². The fraction of sp³-hybridized carbons (Fsp3) is 0.0455. The Morgan fingerprint density at radius 1 is 1.00 bits per heavy atom. The largest absolute Gasteiger partial charge is 0.465 e. The van der Waals surface area contributed by atoms with Crippen LogP contribution in [0.15, 0.2) is 66.7 Å². The van der Waals surface area contributed by atoms with Crippen LogP contribution in [-0.2, 0) is 4.74 Å². The van der Waals surface area contributed by atoms with Crippen LogP contribution < -0.4 is 5.32 Å². The Labute approximate surface area is 171 Å². The molecule has 0 fully saturated rings. The highest BCUT2D eigenvalue weighted by molar-refractivity contribution is 6.30.